The molecule has 1 aromatic rings. The molecule has 2 rings (SSSR count). The number of para-hydroxylation sites is 1. The first kappa shape index (κ1) is 11.8. The van der Waals surface area contributed by atoms with Crippen LogP contribution in [0.25, 0.3) is 0 Å². The van der Waals surface area contributed by atoms with E-state index >= 15 is 0 Å². The molecule has 87 valence electrons. The predicted molar refractivity (Wildman–Crippen MR) is 65.4 cm³/mol. The van der Waals surface area contributed by atoms with E-state index in [1.807, 2.05) is 24.3 Å². The second kappa shape index (κ2) is 6.13. The number of ether oxygens (including phenoxy) is 2. The van der Waals surface area contributed by atoms with Crippen LogP contribution in [0.4, 0.5) is 0 Å². The third-order valence-electron chi connectivity index (χ3n) is 2.24. The van der Waals surface area contributed by atoms with Crippen LogP contribution in [0.3, 0.4) is 0 Å². The first-order chi connectivity index (χ1) is 7.84. The highest BCUT2D eigenvalue weighted by Gasteiger charge is 2.15. The molecule has 0 aliphatic carbocycles. The minimum atomic E-state index is 0.108. The van der Waals surface area contributed by atoms with Gasteiger partial charge in [-0.15, -0.1) is 0 Å². The summed E-state index contributed by atoms with van der Waals surface area (Å²) in [5, 5.41) is 0. The lowest BCUT2D eigenvalue weighted by Crippen LogP contribution is -2.33. The summed E-state index contributed by atoms with van der Waals surface area (Å²) in [7, 11) is 0. The second-order valence-corrected chi connectivity index (χ2v) is 4.95. The first-order valence-electron chi connectivity index (χ1n) is 5.47. The van der Waals surface area contributed by atoms with E-state index in [-0.39, 0.29) is 5.44 Å². The van der Waals surface area contributed by atoms with Gasteiger partial charge in [-0.2, -0.15) is 0 Å². The average Bonchev–Trinajstić information content (AvgIpc) is 2.31. The largest absolute Gasteiger partial charge is 0.478 e. The molecule has 0 N–H and O–H groups in total. The number of nitrogens with zero attached hydrogens (tertiary/aromatic N) is 1. The third kappa shape index (κ3) is 3.70. The molecule has 1 aromatic carbocycles. The van der Waals surface area contributed by atoms with E-state index in [4.69, 9.17) is 9.47 Å². The summed E-state index contributed by atoms with van der Waals surface area (Å²) in [5.41, 5.74) is 0.108. The molecule has 3 nitrogen and oxygen atoms in total. The first-order valence-corrected chi connectivity index (χ1v) is 6.31. The van der Waals surface area contributed by atoms with Crippen molar-refractivity contribution in [1.82, 2.24) is 4.31 Å². The van der Waals surface area contributed by atoms with Crippen molar-refractivity contribution in [3.05, 3.63) is 30.3 Å². The highest BCUT2D eigenvalue weighted by Crippen LogP contribution is 2.21. The van der Waals surface area contributed by atoms with Gasteiger partial charge in [0.1, 0.15) is 5.75 Å². The van der Waals surface area contributed by atoms with Gasteiger partial charge in [-0.1, -0.05) is 18.2 Å². The minimum absolute atomic E-state index is 0.108. The van der Waals surface area contributed by atoms with Crippen molar-refractivity contribution in [2.24, 2.45) is 0 Å². The Morgan fingerprint density at radius 2 is 2.25 bits per heavy atom. The number of hydrogen-bond acceptors (Lipinski definition) is 4. The molecule has 0 saturated carbocycles. The number of rotatable bonds is 4. The molecule has 0 bridgehead atoms. The molecule has 1 aliphatic rings. The Labute approximate surface area is 101 Å². The molecule has 0 aromatic heterocycles. The van der Waals surface area contributed by atoms with Crippen LogP contribution in [0.2, 0.25) is 0 Å². The number of morpholine rings is 1. The summed E-state index contributed by atoms with van der Waals surface area (Å²) in [6.45, 7) is 5.63. The summed E-state index contributed by atoms with van der Waals surface area (Å²) in [6, 6.07) is 10.7. The molecule has 4 heteroatoms. The molecule has 1 radical (unpaired) electrons. The van der Waals surface area contributed by atoms with Crippen LogP contribution in [0.15, 0.2) is 24.3 Å². The van der Waals surface area contributed by atoms with E-state index in [2.05, 4.69) is 17.3 Å². The lowest BCUT2D eigenvalue weighted by Gasteiger charge is -2.27. The van der Waals surface area contributed by atoms with E-state index in [0.29, 0.717) is 0 Å². The second-order valence-electron chi connectivity index (χ2n) is 3.56. The van der Waals surface area contributed by atoms with E-state index in [1.165, 1.54) is 0 Å². The van der Waals surface area contributed by atoms with Crippen LogP contribution in [-0.4, -0.2) is 36.0 Å². The molecule has 0 amide bonds. The van der Waals surface area contributed by atoms with Gasteiger partial charge in [-0.3, -0.25) is 0 Å². The molecule has 1 heterocycles. The lowest BCUT2D eigenvalue weighted by molar-refractivity contribution is 0.0762. The van der Waals surface area contributed by atoms with Crippen LogP contribution >= 0.6 is 11.9 Å². The molecular weight excluding hydrogens is 222 g/mol. The van der Waals surface area contributed by atoms with Gasteiger partial charge in [0.05, 0.1) is 13.2 Å². The van der Waals surface area contributed by atoms with E-state index in [0.717, 1.165) is 32.1 Å². The zero-order chi connectivity index (χ0) is 11.2. The standard InChI is InChI=1S/C12H16NO2S/c1-11(15-12-5-3-2-4-6-12)16-13-7-9-14-10-8-13/h2-5,11H,7-10H2,1H3. The van der Waals surface area contributed by atoms with Gasteiger partial charge in [0.2, 0.25) is 0 Å². The van der Waals surface area contributed by atoms with Crippen LogP contribution < -0.4 is 4.74 Å². The Balaban J connectivity index is 1.77. The molecule has 1 atom stereocenters. The van der Waals surface area contributed by atoms with Gasteiger partial charge in [0.25, 0.3) is 0 Å². The smallest absolute Gasteiger partial charge is 0.155 e. The quantitative estimate of drug-likeness (QED) is 0.592. The molecule has 16 heavy (non-hydrogen) atoms. The highest BCUT2D eigenvalue weighted by molar-refractivity contribution is 7.97. The SMILES string of the molecule is CC(Oc1[c]cccc1)SN1CCOCC1. The molecule has 1 unspecified atom stereocenters. The summed E-state index contributed by atoms with van der Waals surface area (Å²) < 4.78 is 13.3. The van der Waals surface area contributed by atoms with Crippen LogP contribution in [0.1, 0.15) is 6.92 Å². The van der Waals surface area contributed by atoms with E-state index < -0.39 is 0 Å². The van der Waals surface area contributed by atoms with Crippen molar-refractivity contribution in [2.45, 2.75) is 12.4 Å². The van der Waals surface area contributed by atoms with Crippen molar-refractivity contribution in [1.29, 1.82) is 0 Å². The van der Waals surface area contributed by atoms with Crippen molar-refractivity contribution < 1.29 is 9.47 Å². The van der Waals surface area contributed by atoms with Gasteiger partial charge >= 0.3 is 0 Å². The molecule has 1 saturated heterocycles. The van der Waals surface area contributed by atoms with Gasteiger partial charge in [0.15, 0.2) is 5.44 Å². The van der Waals surface area contributed by atoms with Gasteiger partial charge < -0.3 is 9.47 Å². The fraction of sp³-hybridized carbons (Fsp3) is 0.500. The van der Waals surface area contributed by atoms with Crippen molar-refractivity contribution in [3.8, 4) is 5.75 Å². The fourth-order valence-corrected chi connectivity index (χ4v) is 2.44. The summed E-state index contributed by atoms with van der Waals surface area (Å²) in [6.07, 6.45) is 0. The Morgan fingerprint density at radius 1 is 1.44 bits per heavy atom. The average molecular weight is 238 g/mol. The monoisotopic (exact) mass is 238 g/mol. The van der Waals surface area contributed by atoms with Crippen LogP contribution in [-0.2, 0) is 4.74 Å². The van der Waals surface area contributed by atoms with E-state index in [1.54, 1.807) is 11.9 Å². The summed E-state index contributed by atoms with van der Waals surface area (Å²) >= 11 is 1.73. The number of hydrogen-bond donors (Lipinski definition) is 0. The third-order valence-corrected chi connectivity index (χ3v) is 3.30. The minimum Gasteiger partial charge on any atom is -0.478 e. The summed E-state index contributed by atoms with van der Waals surface area (Å²) in [4.78, 5) is 0. The van der Waals surface area contributed by atoms with Gasteiger partial charge in [0, 0.05) is 19.2 Å². The van der Waals surface area contributed by atoms with Crippen LogP contribution in [0, 0.1) is 6.07 Å². The fourth-order valence-electron chi connectivity index (χ4n) is 1.51. The normalized spacial score (nSPS) is 19.3. The molecule has 1 fully saturated rings. The van der Waals surface area contributed by atoms with Crippen molar-refractivity contribution >= 4 is 11.9 Å². The maximum absolute atomic E-state index is 5.74. The van der Waals surface area contributed by atoms with Gasteiger partial charge in [-0.05, 0) is 24.9 Å². The predicted octanol–water partition coefficient (Wildman–Crippen LogP) is 2.19. The topological polar surface area (TPSA) is 21.7 Å². The Kier molecular flexibility index (Phi) is 4.51. The molecule has 1 aliphatic heterocycles. The Morgan fingerprint density at radius 3 is 2.94 bits per heavy atom. The Bertz CT molecular complexity index is 301. The van der Waals surface area contributed by atoms with Gasteiger partial charge in [-0.25, -0.2) is 4.31 Å². The maximum Gasteiger partial charge on any atom is 0.155 e. The Hall–Kier alpha value is -0.710. The zero-order valence-electron chi connectivity index (χ0n) is 9.39. The van der Waals surface area contributed by atoms with E-state index in [9.17, 15) is 0 Å². The number of benzene rings is 1. The molecule has 0 spiro atoms. The highest BCUT2D eigenvalue weighted by atomic mass is 32.2. The zero-order valence-corrected chi connectivity index (χ0v) is 10.2. The molecular formula is C12H16NO2S. The maximum atomic E-state index is 5.74. The lowest BCUT2D eigenvalue weighted by atomic mass is 10.3. The van der Waals surface area contributed by atoms with Crippen molar-refractivity contribution in [2.75, 3.05) is 26.3 Å². The summed E-state index contributed by atoms with van der Waals surface area (Å²) in [5.74, 6) is 0.802. The van der Waals surface area contributed by atoms with Crippen LogP contribution in [0.5, 0.6) is 5.75 Å². The van der Waals surface area contributed by atoms with Crippen molar-refractivity contribution in [3.63, 3.8) is 0 Å².